The van der Waals surface area contributed by atoms with Crippen LogP contribution < -0.4 is 20.5 Å². The molecule has 1 aliphatic rings. The molecule has 0 aliphatic carbocycles. The highest BCUT2D eigenvalue weighted by atomic mass is 16.5. The molecule has 0 saturated heterocycles. The predicted octanol–water partition coefficient (Wildman–Crippen LogP) is 0.204. The van der Waals surface area contributed by atoms with Crippen LogP contribution in [0.3, 0.4) is 0 Å². The molecule has 1 aromatic carbocycles. The molecule has 1 unspecified atom stereocenters. The number of hydrogen-bond acceptors (Lipinski definition) is 4. The summed E-state index contributed by atoms with van der Waals surface area (Å²) in [4.78, 5) is 11.0. The van der Waals surface area contributed by atoms with E-state index >= 15 is 0 Å². The van der Waals surface area contributed by atoms with Crippen LogP contribution in [-0.4, -0.2) is 26.2 Å². The normalized spacial score (nSPS) is 17.5. The summed E-state index contributed by atoms with van der Waals surface area (Å²) in [6.45, 7) is 0.496. The number of benzene rings is 1. The average Bonchev–Trinajstić information content (AvgIpc) is 2.67. The first-order chi connectivity index (χ1) is 7.70. The molecule has 5 nitrogen and oxygen atoms in total. The van der Waals surface area contributed by atoms with Crippen molar-refractivity contribution in [2.45, 2.75) is 6.04 Å². The second-order valence-corrected chi connectivity index (χ2v) is 3.58. The largest absolute Gasteiger partial charge is 0.491 e. The van der Waals surface area contributed by atoms with Crippen LogP contribution in [-0.2, 0) is 4.79 Å². The Bertz CT molecular complexity index is 406. The van der Waals surface area contributed by atoms with Gasteiger partial charge in [-0.25, -0.2) is 0 Å². The zero-order chi connectivity index (χ0) is 11.5. The number of ether oxygens (including phenoxy) is 2. The van der Waals surface area contributed by atoms with Crippen molar-refractivity contribution in [3.05, 3.63) is 23.8 Å². The minimum absolute atomic E-state index is 0.00133. The molecule has 1 aromatic rings. The van der Waals surface area contributed by atoms with Crippen LogP contribution in [0.15, 0.2) is 18.2 Å². The van der Waals surface area contributed by atoms with E-state index in [1.807, 2.05) is 6.07 Å². The number of hydrogen-bond donors (Lipinski definition) is 2. The minimum Gasteiger partial charge on any atom is -0.491 e. The van der Waals surface area contributed by atoms with Crippen LogP contribution in [0, 0.1) is 0 Å². The van der Waals surface area contributed by atoms with Crippen molar-refractivity contribution in [1.82, 2.24) is 5.32 Å². The van der Waals surface area contributed by atoms with Crippen LogP contribution in [0.1, 0.15) is 11.6 Å². The summed E-state index contributed by atoms with van der Waals surface area (Å²) in [6, 6.07) is 5.34. The Labute approximate surface area is 93.5 Å². The van der Waals surface area contributed by atoms with Crippen LogP contribution in [0.2, 0.25) is 0 Å². The highest BCUT2D eigenvalue weighted by molar-refractivity contribution is 5.77. The van der Waals surface area contributed by atoms with Crippen LogP contribution in [0.5, 0.6) is 11.5 Å². The maximum Gasteiger partial charge on any atom is 0.257 e. The van der Waals surface area contributed by atoms with Crippen molar-refractivity contribution in [3.8, 4) is 11.5 Å². The number of nitrogens with one attached hydrogen (secondary N) is 1. The lowest BCUT2D eigenvalue weighted by Crippen LogP contribution is -2.24. The summed E-state index contributed by atoms with van der Waals surface area (Å²) in [5.41, 5.74) is 6.79. The molecular weight excluding hydrogens is 208 g/mol. The predicted molar refractivity (Wildman–Crippen MR) is 58.4 cm³/mol. The van der Waals surface area contributed by atoms with E-state index in [4.69, 9.17) is 15.2 Å². The summed E-state index contributed by atoms with van der Waals surface area (Å²) in [5.74, 6) is 1.18. The Morgan fingerprint density at radius 1 is 1.69 bits per heavy atom. The van der Waals surface area contributed by atoms with Crippen molar-refractivity contribution in [3.63, 3.8) is 0 Å². The van der Waals surface area contributed by atoms with Crippen LogP contribution >= 0.6 is 0 Å². The quantitative estimate of drug-likeness (QED) is 0.766. The van der Waals surface area contributed by atoms with Gasteiger partial charge >= 0.3 is 0 Å². The molecule has 2 rings (SSSR count). The number of nitrogens with two attached hydrogens (primary N) is 1. The second-order valence-electron chi connectivity index (χ2n) is 3.58. The van der Waals surface area contributed by atoms with E-state index in [1.54, 1.807) is 19.2 Å². The molecule has 5 heteroatoms. The molecule has 16 heavy (non-hydrogen) atoms. The molecule has 0 fully saturated rings. The van der Waals surface area contributed by atoms with Gasteiger partial charge in [-0.1, -0.05) is 0 Å². The van der Waals surface area contributed by atoms with E-state index in [1.165, 1.54) is 0 Å². The fourth-order valence-electron chi connectivity index (χ4n) is 1.53. The van der Waals surface area contributed by atoms with Crippen LogP contribution in [0.4, 0.5) is 0 Å². The van der Waals surface area contributed by atoms with Crippen molar-refractivity contribution in [1.29, 1.82) is 0 Å². The highest BCUT2D eigenvalue weighted by Gasteiger charge is 2.20. The lowest BCUT2D eigenvalue weighted by Gasteiger charge is -2.07. The molecule has 1 aliphatic heterocycles. The van der Waals surface area contributed by atoms with E-state index in [0.29, 0.717) is 12.4 Å². The third-order valence-corrected chi connectivity index (χ3v) is 2.45. The molecule has 0 spiro atoms. The SMILES string of the molecule is CNC(=O)COc1ccc2c(c1)OCC2N. The Morgan fingerprint density at radius 2 is 2.50 bits per heavy atom. The Hall–Kier alpha value is -1.75. The standard InChI is InChI=1S/C11H14N2O3/c1-13-11(14)6-15-7-2-3-8-9(12)5-16-10(8)4-7/h2-4,9H,5-6,12H2,1H3,(H,13,14). The van der Waals surface area contributed by atoms with Gasteiger partial charge in [0.2, 0.25) is 0 Å². The highest BCUT2D eigenvalue weighted by Crippen LogP contribution is 2.33. The van der Waals surface area contributed by atoms with Gasteiger partial charge in [-0.05, 0) is 12.1 Å². The maximum atomic E-state index is 11.0. The molecule has 1 amide bonds. The lowest BCUT2D eigenvalue weighted by atomic mass is 10.1. The zero-order valence-corrected chi connectivity index (χ0v) is 9.03. The molecule has 1 atom stereocenters. The fourth-order valence-corrected chi connectivity index (χ4v) is 1.53. The zero-order valence-electron chi connectivity index (χ0n) is 9.03. The van der Waals surface area contributed by atoms with E-state index in [2.05, 4.69) is 5.32 Å². The van der Waals surface area contributed by atoms with Gasteiger partial charge in [0.05, 0.1) is 6.04 Å². The monoisotopic (exact) mass is 222 g/mol. The molecule has 0 bridgehead atoms. The number of carbonyl (C=O) groups excluding carboxylic acids is 1. The Kier molecular flexibility index (Phi) is 2.96. The first-order valence-electron chi connectivity index (χ1n) is 5.06. The average molecular weight is 222 g/mol. The number of fused-ring (bicyclic) bond motifs is 1. The van der Waals surface area contributed by atoms with Gasteiger partial charge < -0.3 is 20.5 Å². The van der Waals surface area contributed by atoms with Crippen LogP contribution in [0.25, 0.3) is 0 Å². The molecule has 0 aromatic heterocycles. The summed E-state index contributed by atoms with van der Waals surface area (Å²) in [7, 11) is 1.57. The summed E-state index contributed by atoms with van der Waals surface area (Å²) < 4.78 is 10.7. The van der Waals surface area contributed by atoms with E-state index in [0.717, 1.165) is 11.3 Å². The number of carbonyl (C=O) groups is 1. The fraction of sp³-hybridized carbons (Fsp3) is 0.364. The smallest absolute Gasteiger partial charge is 0.257 e. The Balaban J connectivity index is 2.05. The topological polar surface area (TPSA) is 73.6 Å². The number of rotatable bonds is 3. The number of amides is 1. The lowest BCUT2D eigenvalue weighted by molar-refractivity contribution is -0.122. The van der Waals surface area contributed by atoms with Crippen molar-refractivity contribution in [2.75, 3.05) is 20.3 Å². The van der Waals surface area contributed by atoms with Gasteiger partial charge in [0.1, 0.15) is 18.1 Å². The first-order valence-corrected chi connectivity index (χ1v) is 5.06. The van der Waals surface area contributed by atoms with Gasteiger partial charge in [0, 0.05) is 18.7 Å². The van der Waals surface area contributed by atoms with Crippen molar-refractivity contribution >= 4 is 5.91 Å². The Morgan fingerprint density at radius 3 is 3.25 bits per heavy atom. The van der Waals surface area contributed by atoms with E-state index < -0.39 is 0 Å². The molecule has 1 heterocycles. The van der Waals surface area contributed by atoms with Gasteiger partial charge in [-0.3, -0.25) is 4.79 Å². The third kappa shape index (κ3) is 2.09. The maximum absolute atomic E-state index is 11.0. The van der Waals surface area contributed by atoms with Gasteiger partial charge in [-0.15, -0.1) is 0 Å². The number of likely N-dealkylation sites (N-methyl/N-ethyl adjacent to an activating group) is 1. The second kappa shape index (κ2) is 4.40. The summed E-state index contributed by atoms with van der Waals surface area (Å²) in [6.07, 6.45) is 0. The van der Waals surface area contributed by atoms with E-state index in [-0.39, 0.29) is 18.6 Å². The molecule has 0 saturated carbocycles. The van der Waals surface area contributed by atoms with Gasteiger partial charge in [0.25, 0.3) is 5.91 Å². The van der Waals surface area contributed by atoms with Crippen molar-refractivity contribution in [2.24, 2.45) is 5.73 Å². The van der Waals surface area contributed by atoms with Gasteiger partial charge in [0.15, 0.2) is 6.61 Å². The minimum atomic E-state index is -0.168. The van der Waals surface area contributed by atoms with E-state index in [9.17, 15) is 4.79 Å². The van der Waals surface area contributed by atoms with Crippen molar-refractivity contribution < 1.29 is 14.3 Å². The molecule has 3 N–H and O–H groups in total. The summed E-state index contributed by atoms with van der Waals surface area (Å²) >= 11 is 0. The third-order valence-electron chi connectivity index (χ3n) is 2.45. The summed E-state index contributed by atoms with van der Waals surface area (Å²) in [5, 5.41) is 2.48. The first kappa shape index (κ1) is 10.8. The molecule has 86 valence electrons. The van der Waals surface area contributed by atoms with Gasteiger partial charge in [-0.2, -0.15) is 0 Å². The molecular formula is C11H14N2O3. The molecule has 0 radical (unpaired) electrons.